The summed E-state index contributed by atoms with van der Waals surface area (Å²) in [5, 5.41) is 6.31. The zero-order valence-electron chi connectivity index (χ0n) is 15.3. The van der Waals surface area contributed by atoms with Gasteiger partial charge in [0, 0.05) is 51.3 Å². The van der Waals surface area contributed by atoms with Crippen molar-refractivity contribution in [2.45, 2.75) is 30.7 Å². The van der Waals surface area contributed by atoms with Crippen LogP contribution in [0.2, 0.25) is 0 Å². The fourth-order valence-electron chi connectivity index (χ4n) is 3.80. The van der Waals surface area contributed by atoms with Gasteiger partial charge in [-0.1, -0.05) is 12.1 Å². The summed E-state index contributed by atoms with van der Waals surface area (Å²) >= 11 is 0. The average molecular weight is 378 g/mol. The molecule has 1 aromatic carbocycles. The van der Waals surface area contributed by atoms with Gasteiger partial charge < -0.3 is 15.5 Å². The second-order valence-electron chi connectivity index (χ2n) is 7.30. The number of rotatable bonds is 3. The Hall–Kier alpha value is -2.09. The van der Waals surface area contributed by atoms with E-state index in [2.05, 4.69) is 20.5 Å². The number of hydrogen-bond acceptors (Lipinski definition) is 4. The van der Waals surface area contributed by atoms with Gasteiger partial charge in [-0.15, -0.1) is 0 Å². The maximum Gasteiger partial charge on any atom is 0.220 e. The number of piperidine rings is 1. The summed E-state index contributed by atoms with van der Waals surface area (Å²) in [6.45, 7) is 3.05. The van der Waals surface area contributed by atoms with Gasteiger partial charge in [-0.05, 0) is 30.5 Å². The van der Waals surface area contributed by atoms with Crippen LogP contribution < -0.4 is 10.6 Å². The molecule has 0 radical (unpaired) electrons. The first-order chi connectivity index (χ1) is 12.3. The molecule has 26 heavy (non-hydrogen) atoms. The van der Waals surface area contributed by atoms with E-state index in [1.807, 2.05) is 12.1 Å². The van der Waals surface area contributed by atoms with Crippen molar-refractivity contribution in [2.75, 3.05) is 32.9 Å². The molecule has 2 saturated heterocycles. The lowest BCUT2D eigenvalue weighted by Crippen LogP contribution is -2.51. The minimum atomic E-state index is -3.18. The molecule has 0 saturated carbocycles. The number of likely N-dealkylation sites (tertiary alicyclic amines) is 1. The normalized spacial score (nSPS) is 24.0. The van der Waals surface area contributed by atoms with E-state index < -0.39 is 9.84 Å². The second-order valence-corrected chi connectivity index (χ2v) is 9.31. The zero-order chi connectivity index (χ0) is 18.8. The number of benzene rings is 1. The van der Waals surface area contributed by atoms with Gasteiger partial charge in [0.2, 0.25) is 5.91 Å². The third-order valence-electron chi connectivity index (χ3n) is 5.17. The number of carbonyl (C=O) groups is 1. The predicted molar refractivity (Wildman–Crippen MR) is 101 cm³/mol. The summed E-state index contributed by atoms with van der Waals surface area (Å²) in [5.74, 6) is 0.955. The summed E-state index contributed by atoms with van der Waals surface area (Å²) in [5.41, 5.74) is 1.01. The maximum atomic E-state index is 11.7. The highest BCUT2D eigenvalue weighted by atomic mass is 32.2. The number of amides is 1. The van der Waals surface area contributed by atoms with E-state index in [4.69, 9.17) is 0 Å². The highest BCUT2D eigenvalue weighted by molar-refractivity contribution is 7.90. The Morgan fingerprint density at radius 1 is 1.35 bits per heavy atom. The van der Waals surface area contributed by atoms with Gasteiger partial charge in [0.1, 0.15) is 0 Å². The van der Waals surface area contributed by atoms with Crippen LogP contribution in [0.25, 0.3) is 0 Å². The van der Waals surface area contributed by atoms with Gasteiger partial charge in [0.05, 0.1) is 4.90 Å². The van der Waals surface area contributed by atoms with Gasteiger partial charge in [-0.3, -0.25) is 9.79 Å². The van der Waals surface area contributed by atoms with Gasteiger partial charge in [-0.25, -0.2) is 8.42 Å². The minimum absolute atomic E-state index is 0.0179. The molecule has 0 aromatic heterocycles. The van der Waals surface area contributed by atoms with Gasteiger partial charge in [0.25, 0.3) is 0 Å². The number of aliphatic imine (C=N–C) groups is 1. The highest BCUT2D eigenvalue weighted by Gasteiger charge is 2.42. The Labute approximate surface area is 154 Å². The van der Waals surface area contributed by atoms with Gasteiger partial charge in [0.15, 0.2) is 15.8 Å². The van der Waals surface area contributed by atoms with Crippen molar-refractivity contribution < 1.29 is 13.2 Å². The monoisotopic (exact) mass is 378 g/mol. The second kappa shape index (κ2) is 7.26. The highest BCUT2D eigenvalue weighted by Crippen LogP contribution is 2.35. The summed E-state index contributed by atoms with van der Waals surface area (Å²) in [4.78, 5) is 18.6. The van der Waals surface area contributed by atoms with Crippen molar-refractivity contribution in [1.29, 1.82) is 0 Å². The Morgan fingerprint density at radius 3 is 2.65 bits per heavy atom. The number of guanidine groups is 1. The molecule has 2 N–H and O–H groups in total. The quantitative estimate of drug-likeness (QED) is 0.599. The van der Waals surface area contributed by atoms with Crippen LogP contribution in [0.5, 0.6) is 0 Å². The molecule has 2 aliphatic rings. The summed E-state index contributed by atoms with van der Waals surface area (Å²) in [6.07, 6.45) is 3.90. The van der Waals surface area contributed by atoms with Crippen LogP contribution in [0.1, 0.15) is 24.8 Å². The molecular formula is C18H26N4O3S. The van der Waals surface area contributed by atoms with Crippen molar-refractivity contribution in [3.8, 4) is 0 Å². The number of carbonyl (C=O) groups excluding carboxylic acids is 1. The van der Waals surface area contributed by atoms with Crippen molar-refractivity contribution in [1.82, 2.24) is 15.5 Å². The minimum Gasteiger partial charge on any atom is -0.355 e. The largest absolute Gasteiger partial charge is 0.355 e. The summed E-state index contributed by atoms with van der Waals surface area (Å²) in [7, 11) is -1.42. The third kappa shape index (κ3) is 4.17. The fourth-order valence-corrected chi connectivity index (χ4v) is 4.43. The van der Waals surface area contributed by atoms with Crippen molar-refractivity contribution in [2.24, 2.45) is 10.4 Å². The van der Waals surface area contributed by atoms with Crippen LogP contribution in [0.15, 0.2) is 34.2 Å². The van der Waals surface area contributed by atoms with E-state index in [1.54, 1.807) is 19.2 Å². The smallest absolute Gasteiger partial charge is 0.220 e. The SMILES string of the molecule is CN=C(NCc1ccc(S(C)(=O)=O)cc1)N1CCCC2(CNC(=O)C2)C1. The summed E-state index contributed by atoms with van der Waals surface area (Å²) < 4.78 is 23.1. The number of sulfone groups is 1. The lowest BCUT2D eigenvalue weighted by molar-refractivity contribution is -0.119. The van der Waals surface area contributed by atoms with E-state index in [1.165, 1.54) is 6.26 Å². The molecule has 0 bridgehead atoms. The maximum absolute atomic E-state index is 11.7. The first-order valence-corrected chi connectivity index (χ1v) is 10.7. The Balaban J connectivity index is 1.62. The van der Waals surface area contributed by atoms with Crippen LogP contribution in [0, 0.1) is 5.41 Å². The first kappa shape index (κ1) is 18.7. The zero-order valence-corrected chi connectivity index (χ0v) is 16.1. The Morgan fingerprint density at radius 2 is 2.08 bits per heavy atom. The molecular weight excluding hydrogens is 352 g/mol. The first-order valence-electron chi connectivity index (χ1n) is 8.83. The van der Waals surface area contributed by atoms with Crippen LogP contribution in [-0.2, 0) is 21.2 Å². The standard InChI is InChI=1S/C18H26N4O3S/c1-19-17(20-11-14-4-6-15(7-5-14)26(2,24)25)22-9-3-8-18(13-22)10-16(23)21-12-18/h4-7H,3,8-13H2,1-2H3,(H,19,20)(H,21,23). The average Bonchev–Trinajstić information content (AvgIpc) is 2.95. The van der Waals surface area contributed by atoms with Gasteiger partial charge >= 0.3 is 0 Å². The molecule has 1 unspecified atom stereocenters. The number of nitrogens with one attached hydrogen (secondary N) is 2. The topological polar surface area (TPSA) is 90.9 Å². The van der Waals surface area contributed by atoms with Gasteiger partial charge in [-0.2, -0.15) is 0 Å². The van der Waals surface area contributed by atoms with Crippen molar-refractivity contribution in [3.05, 3.63) is 29.8 Å². The number of nitrogens with zero attached hydrogens (tertiary/aromatic N) is 2. The van der Waals surface area contributed by atoms with Crippen molar-refractivity contribution in [3.63, 3.8) is 0 Å². The summed E-state index contributed by atoms with van der Waals surface area (Å²) in [6, 6.07) is 6.88. The van der Waals surface area contributed by atoms with Crippen LogP contribution in [0.3, 0.4) is 0 Å². The molecule has 3 rings (SSSR count). The predicted octanol–water partition coefficient (Wildman–Crippen LogP) is 0.768. The van der Waals surface area contributed by atoms with E-state index in [9.17, 15) is 13.2 Å². The molecule has 2 aliphatic heterocycles. The van der Waals surface area contributed by atoms with E-state index in [0.717, 1.165) is 44.0 Å². The molecule has 0 aliphatic carbocycles. The molecule has 8 heteroatoms. The molecule has 2 heterocycles. The van der Waals surface area contributed by atoms with Crippen LogP contribution in [-0.4, -0.2) is 58.1 Å². The van der Waals surface area contributed by atoms with E-state index >= 15 is 0 Å². The Bertz CT molecular complexity index is 804. The molecule has 2 fully saturated rings. The lowest BCUT2D eigenvalue weighted by atomic mass is 9.79. The van der Waals surface area contributed by atoms with E-state index in [0.29, 0.717) is 17.9 Å². The van der Waals surface area contributed by atoms with E-state index in [-0.39, 0.29) is 11.3 Å². The Kier molecular flexibility index (Phi) is 5.22. The third-order valence-corrected chi connectivity index (χ3v) is 6.30. The van der Waals surface area contributed by atoms with Crippen LogP contribution in [0.4, 0.5) is 0 Å². The van der Waals surface area contributed by atoms with Crippen LogP contribution >= 0.6 is 0 Å². The molecule has 142 valence electrons. The molecule has 1 spiro atoms. The molecule has 7 nitrogen and oxygen atoms in total. The molecule has 1 aromatic rings. The van der Waals surface area contributed by atoms with Crippen molar-refractivity contribution >= 4 is 21.7 Å². The fraction of sp³-hybridized carbons (Fsp3) is 0.556. The number of hydrogen-bond donors (Lipinski definition) is 2. The molecule has 1 amide bonds. The molecule has 1 atom stereocenters. The lowest BCUT2D eigenvalue weighted by Gasteiger charge is -2.40.